The van der Waals surface area contributed by atoms with Gasteiger partial charge in [-0.25, -0.2) is 19.9 Å². The van der Waals surface area contributed by atoms with Crippen LogP contribution >= 0.6 is 11.6 Å². The van der Waals surface area contributed by atoms with E-state index in [1.54, 1.807) is 17.3 Å². The zero-order chi connectivity index (χ0) is 27.5. The number of carbonyl (C=O) groups excluding carboxylic acids is 1. The fraction of sp³-hybridized carbons (Fsp3) is 0.667. The molecule has 2 aromatic heterocycles. The first-order chi connectivity index (χ1) is 17.8. The molecule has 1 aliphatic carbocycles. The number of halogens is 1. The first-order valence-corrected chi connectivity index (χ1v) is 16.9. The maximum absolute atomic E-state index is 14.1. The molecule has 1 saturated heterocycles. The second-order valence-corrected chi connectivity index (χ2v) is 17.7. The summed E-state index contributed by atoms with van der Waals surface area (Å²) in [4.78, 5) is 36.6. The standard InChI is InChI=1S/C27H39ClN6O3Si/c1-17-14-33(15-18(2)37-17)25-29-12-19(13-30-25)34-23-21(27(24(34)35)10-8-9-11-27)22(28)31-20(32-23)16-36-38(6,7)26(3,4)5/h12-13,17-18H,8-11,14-16H2,1-7H3/t17-,18+. The van der Waals surface area contributed by atoms with Crippen molar-refractivity contribution in [2.75, 3.05) is 22.9 Å². The Hall–Kier alpha value is -2.14. The molecule has 11 heteroatoms. The predicted molar refractivity (Wildman–Crippen MR) is 151 cm³/mol. The average Bonchev–Trinajstić information content (AvgIpc) is 3.41. The van der Waals surface area contributed by atoms with Crippen LogP contribution in [-0.4, -0.2) is 59.5 Å². The van der Waals surface area contributed by atoms with E-state index in [-0.39, 0.29) is 29.8 Å². The molecular weight excluding hydrogens is 520 g/mol. The van der Waals surface area contributed by atoms with Gasteiger partial charge in [-0.1, -0.05) is 45.2 Å². The molecule has 2 aliphatic heterocycles. The highest BCUT2D eigenvalue weighted by Crippen LogP contribution is 2.54. The number of rotatable bonds is 5. The largest absolute Gasteiger partial charge is 0.409 e. The van der Waals surface area contributed by atoms with E-state index in [1.807, 2.05) is 13.8 Å². The molecule has 0 radical (unpaired) electrons. The molecule has 1 amide bonds. The van der Waals surface area contributed by atoms with E-state index in [1.165, 1.54) is 0 Å². The van der Waals surface area contributed by atoms with Gasteiger partial charge in [0.1, 0.15) is 11.0 Å². The van der Waals surface area contributed by atoms with Crippen LogP contribution in [-0.2, 0) is 26.0 Å². The average molecular weight is 559 g/mol. The van der Waals surface area contributed by atoms with Gasteiger partial charge in [-0.05, 0) is 44.8 Å². The molecule has 5 rings (SSSR count). The Kier molecular flexibility index (Phi) is 7.07. The molecule has 9 nitrogen and oxygen atoms in total. The summed E-state index contributed by atoms with van der Waals surface area (Å²) in [6.07, 6.45) is 7.03. The third kappa shape index (κ3) is 4.74. The highest BCUT2D eigenvalue weighted by atomic mass is 35.5. The smallest absolute Gasteiger partial charge is 0.243 e. The molecule has 0 unspecified atom stereocenters. The minimum atomic E-state index is -2.03. The van der Waals surface area contributed by atoms with Gasteiger partial charge in [-0.3, -0.25) is 9.69 Å². The van der Waals surface area contributed by atoms with Crippen LogP contribution < -0.4 is 9.80 Å². The van der Waals surface area contributed by atoms with Crippen LogP contribution in [0.5, 0.6) is 0 Å². The molecule has 1 spiro atoms. The van der Waals surface area contributed by atoms with Gasteiger partial charge in [-0.15, -0.1) is 0 Å². The monoisotopic (exact) mass is 558 g/mol. The summed E-state index contributed by atoms with van der Waals surface area (Å²) in [5.41, 5.74) is 0.626. The molecule has 206 valence electrons. The Morgan fingerprint density at radius 2 is 1.71 bits per heavy atom. The van der Waals surface area contributed by atoms with Crippen LogP contribution in [0.4, 0.5) is 17.5 Å². The van der Waals surface area contributed by atoms with Crippen molar-refractivity contribution in [2.24, 2.45) is 0 Å². The predicted octanol–water partition coefficient (Wildman–Crippen LogP) is 5.55. The van der Waals surface area contributed by atoms with Crippen molar-refractivity contribution >= 4 is 43.3 Å². The molecule has 1 saturated carbocycles. The number of ether oxygens (including phenoxy) is 1. The van der Waals surface area contributed by atoms with Crippen LogP contribution in [0, 0.1) is 0 Å². The number of hydrogen-bond donors (Lipinski definition) is 0. The Bertz CT molecular complexity index is 1200. The molecular formula is C27H39ClN6O3Si. The molecule has 0 aromatic carbocycles. The maximum atomic E-state index is 14.1. The molecule has 4 heterocycles. The Labute approximate surface area is 231 Å². The number of fused-ring (bicyclic) bond motifs is 2. The summed E-state index contributed by atoms with van der Waals surface area (Å²) in [6, 6.07) is 0. The summed E-state index contributed by atoms with van der Waals surface area (Å²) < 4.78 is 12.2. The third-order valence-corrected chi connectivity index (χ3v) is 13.4. The van der Waals surface area contributed by atoms with Gasteiger partial charge >= 0.3 is 0 Å². The Morgan fingerprint density at radius 3 is 2.29 bits per heavy atom. The fourth-order valence-electron chi connectivity index (χ4n) is 5.60. The molecule has 0 bridgehead atoms. The first kappa shape index (κ1) is 27.4. The van der Waals surface area contributed by atoms with Gasteiger partial charge in [0, 0.05) is 18.7 Å². The van der Waals surface area contributed by atoms with E-state index in [4.69, 9.17) is 25.7 Å². The Balaban J connectivity index is 1.49. The molecule has 2 aromatic rings. The quantitative estimate of drug-likeness (QED) is 0.348. The van der Waals surface area contributed by atoms with Crippen molar-refractivity contribution in [3.8, 4) is 0 Å². The Morgan fingerprint density at radius 1 is 1.11 bits per heavy atom. The highest BCUT2D eigenvalue weighted by Gasteiger charge is 2.55. The normalized spacial score (nSPS) is 23.4. The summed E-state index contributed by atoms with van der Waals surface area (Å²) in [5.74, 6) is 1.63. The summed E-state index contributed by atoms with van der Waals surface area (Å²) in [6.45, 7) is 16.8. The lowest BCUT2D eigenvalue weighted by atomic mass is 9.81. The molecule has 2 atom stereocenters. The van der Waals surface area contributed by atoms with E-state index in [0.717, 1.165) is 44.3 Å². The highest BCUT2D eigenvalue weighted by molar-refractivity contribution is 6.74. The minimum absolute atomic E-state index is 0.0198. The maximum Gasteiger partial charge on any atom is 0.243 e. The van der Waals surface area contributed by atoms with Crippen molar-refractivity contribution < 1.29 is 14.0 Å². The topological polar surface area (TPSA) is 93.6 Å². The second-order valence-electron chi connectivity index (χ2n) is 12.5. The third-order valence-electron chi connectivity index (χ3n) is 8.61. The van der Waals surface area contributed by atoms with Crippen molar-refractivity contribution in [3.63, 3.8) is 0 Å². The number of amides is 1. The van der Waals surface area contributed by atoms with Gasteiger partial charge in [0.25, 0.3) is 0 Å². The number of anilines is 3. The number of aromatic nitrogens is 4. The van der Waals surface area contributed by atoms with Gasteiger partial charge in [0.15, 0.2) is 14.1 Å². The van der Waals surface area contributed by atoms with Gasteiger partial charge in [0.05, 0.1) is 42.3 Å². The summed E-state index contributed by atoms with van der Waals surface area (Å²) in [7, 11) is -2.03. The SMILES string of the molecule is C[C@@H]1CN(c2ncc(N3C(=O)C4(CCCC4)c4c(Cl)nc(CO[Si](C)(C)C(C)(C)C)nc43)cn2)C[C@H](C)O1. The number of nitrogens with zero attached hydrogens (tertiary/aromatic N) is 6. The van der Waals surface area contributed by atoms with E-state index < -0.39 is 13.7 Å². The van der Waals surface area contributed by atoms with Crippen molar-refractivity contribution in [3.05, 3.63) is 28.9 Å². The molecule has 0 N–H and O–H groups in total. The number of hydrogen-bond acceptors (Lipinski definition) is 8. The molecule has 3 aliphatic rings. The fourth-order valence-corrected chi connectivity index (χ4v) is 6.88. The number of carbonyl (C=O) groups is 1. The van der Waals surface area contributed by atoms with Crippen LogP contribution in [0.3, 0.4) is 0 Å². The van der Waals surface area contributed by atoms with Crippen LogP contribution in [0.1, 0.15) is 71.7 Å². The van der Waals surface area contributed by atoms with Gasteiger partial charge in [0.2, 0.25) is 11.9 Å². The molecule has 2 fully saturated rings. The van der Waals surface area contributed by atoms with Crippen LogP contribution in [0.2, 0.25) is 23.3 Å². The van der Waals surface area contributed by atoms with Crippen LogP contribution in [0.15, 0.2) is 12.4 Å². The number of morpholine rings is 1. The lowest BCUT2D eigenvalue weighted by Gasteiger charge is -2.35. The lowest BCUT2D eigenvalue weighted by Crippen LogP contribution is -2.46. The minimum Gasteiger partial charge on any atom is -0.409 e. The first-order valence-electron chi connectivity index (χ1n) is 13.6. The lowest BCUT2D eigenvalue weighted by molar-refractivity contribution is -0.122. The van der Waals surface area contributed by atoms with Crippen molar-refractivity contribution in [1.29, 1.82) is 0 Å². The van der Waals surface area contributed by atoms with Gasteiger partial charge in [-0.2, -0.15) is 0 Å². The molecule has 38 heavy (non-hydrogen) atoms. The van der Waals surface area contributed by atoms with Gasteiger partial charge < -0.3 is 14.1 Å². The van der Waals surface area contributed by atoms with Crippen LogP contribution in [0.25, 0.3) is 0 Å². The van der Waals surface area contributed by atoms with E-state index in [9.17, 15) is 4.79 Å². The van der Waals surface area contributed by atoms with E-state index in [0.29, 0.717) is 28.4 Å². The zero-order valence-corrected chi connectivity index (χ0v) is 25.3. The van der Waals surface area contributed by atoms with Crippen molar-refractivity contribution in [2.45, 2.75) is 103 Å². The summed E-state index contributed by atoms with van der Waals surface area (Å²) in [5, 5.41) is 0.397. The zero-order valence-electron chi connectivity index (χ0n) is 23.5. The summed E-state index contributed by atoms with van der Waals surface area (Å²) >= 11 is 6.83. The van der Waals surface area contributed by atoms with E-state index in [2.05, 4.69) is 53.7 Å². The van der Waals surface area contributed by atoms with Crippen molar-refractivity contribution in [1.82, 2.24) is 19.9 Å². The second kappa shape index (κ2) is 9.80. The van der Waals surface area contributed by atoms with E-state index >= 15 is 0 Å².